The van der Waals surface area contributed by atoms with Gasteiger partial charge in [-0.3, -0.25) is 5.10 Å². The first-order valence-electron chi connectivity index (χ1n) is 6.12. The molecule has 0 amide bonds. The Morgan fingerprint density at radius 3 is 2.88 bits per heavy atom. The average molecular weight is 223 g/mol. The molecule has 1 aliphatic carbocycles. The first-order chi connectivity index (χ1) is 7.68. The third-order valence-corrected chi connectivity index (χ3v) is 3.53. The summed E-state index contributed by atoms with van der Waals surface area (Å²) in [5.41, 5.74) is 2.29. The summed E-state index contributed by atoms with van der Waals surface area (Å²) in [5.74, 6) is 0. The number of H-pyrrole nitrogens is 1. The molecule has 1 aromatic heterocycles. The lowest BCUT2D eigenvalue weighted by Crippen LogP contribution is -2.43. The van der Waals surface area contributed by atoms with E-state index in [1.165, 1.54) is 12.0 Å². The number of aryl methyl sites for hydroxylation is 1. The highest BCUT2D eigenvalue weighted by atomic mass is 16.3. The summed E-state index contributed by atoms with van der Waals surface area (Å²) >= 11 is 0. The van der Waals surface area contributed by atoms with Crippen LogP contribution in [0.3, 0.4) is 0 Å². The van der Waals surface area contributed by atoms with Crippen molar-refractivity contribution >= 4 is 0 Å². The zero-order chi connectivity index (χ0) is 11.5. The lowest BCUT2D eigenvalue weighted by Gasteiger charge is -2.31. The molecule has 0 saturated heterocycles. The third-order valence-electron chi connectivity index (χ3n) is 3.53. The van der Waals surface area contributed by atoms with Gasteiger partial charge in [0.1, 0.15) is 0 Å². The number of aromatic amines is 1. The van der Waals surface area contributed by atoms with Crippen LogP contribution in [0.1, 0.15) is 49.9 Å². The molecule has 0 bridgehead atoms. The molecular formula is C12H21N3O. The molecule has 90 valence electrons. The fraction of sp³-hybridized carbons (Fsp3) is 0.750. The van der Waals surface area contributed by atoms with Crippen LogP contribution in [0.25, 0.3) is 0 Å². The summed E-state index contributed by atoms with van der Waals surface area (Å²) in [5, 5.41) is 20.4. The number of hydrogen-bond acceptors (Lipinski definition) is 3. The van der Waals surface area contributed by atoms with Gasteiger partial charge in [0, 0.05) is 23.3 Å². The highest BCUT2D eigenvalue weighted by Gasteiger charge is 2.25. The Bertz CT molecular complexity index is 337. The Balaban J connectivity index is 1.96. The van der Waals surface area contributed by atoms with Gasteiger partial charge in [-0.05, 0) is 26.7 Å². The molecular weight excluding hydrogens is 202 g/mol. The molecule has 3 atom stereocenters. The van der Waals surface area contributed by atoms with Crippen LogP contribution in [0.5, 0.6) is 0 Å². The number of aromatic nitrogens is 2. The number of nitrogens with zero attached hydrogens (tertiary/aromatic N) is 1. The van der Waals surface area contributed by atoms with E-state index in [9.17, 15) is 5.11 Å². The molecule has 1 saturated carbocycles. The molecule has 1 fully saturated rings. The van der Waals surface area contributed by atoms with Crippen molar-refractivity contribution in [2.45, 2.75) is 57.7 Å². The number of nitrogens with one attached hydrogen (secondary N) is 2. The molecule has 0 aromatic carbocycles. The summed E-state index contributed by atoms with van der Waals surface area (Å²) in [4.78, 5) is 0. The standard InChI is InChI=1S/C12H21N3O/c1-8(10-7-13-15-9(10)2)14-11-5-3-4-6-12(11)16/h7-8,11-12,14,16H,3-6H2,1-2H3,(H,13,15). The molecule has 3 unspecified atom stereocenters. The second kappa shape index (κ2) is 4.97. The highest BCUT2D eigenvalue weighted by Crippen LogP contribution is 2.22. The Hall–Kier alpha value is -0.870. The zero-order valence-corrected chi connectivity index (χ0v) is 10.0. The Morgan fingerprint density at radius 2 is 2.25 bits per heavy atom. The molecule has 0 radical (unpaired) electrons. The predicted molar refractivity (Wildman–Crippen MR) is 63.1 cm³/mol. The first kappa shape index (κ1) is 11.6. The van der Waals surface area contributed by atoms with E-state index in [-0.39, 0.29) is 18.2 Å². The van der Waals surface area contributed by atoms with Crippen LogP contribution < -0.4 is 5.32 Å². The SMILES string of the molecule is Cc1[nH]ncc1C(C)NC1CCCCC1O. The van der Waals surface area contributed by atoms with Crippen molar-refractivity contribution in [2.75, 3.05) is 0 Å². The minimum absolute atomic E-state index is 0.191. The summed E-state index contributed by atoms with van der Waals surface area (Å²) in [6.07, 6.45) is 6.03. The number of aliphatic hydroxyl groups excluding tert-OH is 1. The Morgan fingerprint density at radius 1 is 1.50 bits per heavy atom. The van der Waals surface area contributed by atoms with Gasteiger partial charge in [0.2, 0.25) is 0 Å². The number of rotatable bonds is 3. The van der Waals surface area contributed by atoms with Crippen molar-refractivity contribution in [3.63, 3.8) is 0 Å². The average Bonchev–Trinajstić information content (AvgIpc) is 2.68. The smallest absolute Gasteiger partial charge is 0.0693 e. The van der Waals surface area contributed by atoms with Crippen LogP contribution in [0, 0.1) is 6.92 Å². The van der Waals surface area contributed by atoms with Gasteiger partial charge in [-0.1, -0.05) is 12.8 Å². The molecule has 16 heavy (non-hydrogen) atoms. The molecule has 0 aliphatic heterocycles. The number of hydrogen-bond donors (Lipinski definition) is 3. The van der Waals surface area contributed by atoms with Crippen molar-refractivity contribution in [2.24, 2.45) is 0 Å². The van der Waals surface area contributed by atoms with E-state index in [1.807, 2.05) is 13.1 Å². The van der Waals surface area contributed by atoms with Gasteiger partial charge in [0.15, 0.2) is 0 Å². The van der Waals surface area contributed by atoms with Crippen LogP contribution in [-0.4, -0.2) is 27.4 Å². The summed E-state index contributed by atoms with van der Waals surface area (Å²) in [7, 11) is 0. The normalized spacial score (nSPS) is 27.9. The number of aliphatic hydroxyl groups is 1. The molecule has 1 aromatic rings. The van der Waals surface area contributed by atoms with Crippen molar-refractivity contribution in [3.05, 3.63) is 17.5 Å². The highest BCUT2D eigenvalue weighted by molar-refractivity contribution is 5.18. The van der Waals surface area contributed by atoms with E-state index < -0.39 is 0 Å². The van der Waals surface area contributed by atoms with Crippen molar-refractivity contribution in [1.82, 2.24) is 15.5 Å². The van der Waals surface area contributed by atoms with Gasteiger partial charge in [0.05, 0.1) is 12.3 Å². The lowest BCUT2D eigenvalue weighted by atomic mass is 9.91. The topological polar surface area (TPSA) is 60.9 Å². The Labute approximate surface area is 96.5 Å². The van der Waals surface area contributed by atoms with Gasteiger partial charge >= 0.3 is 0 Å². The first-order valence-corrected chi connectivity index (χ1v) is 6.12. The minimum Gasteiger partial charge on any atom is -0.392 e. The predicted octanol–water partition coefficient (Wildman–Crippen LogP) is 1.67. The maximum atomic E-state index is 9.90. The van der Waals surface area contributed by atoms with E-state index in [2.05, 4.69) is 22.4 Å². The molecule has 2 rings (SSSR count). The zero-order valence-electron chi connectivity index (χ0n) is 10.0. The Kier molecular flexibility index (Phi) is 3.61. The van der Waals surface area contributed by atoms with E-state index >= 15 is 0 Å². The largest absolute Gasteiger partial charge is 0.392 e. The van der Waals surface area contributed by atoms with Crippen LogP contribution in [-0.2, 0) is 0 Å². The molecule has 0 spiro atoms. The molecule has 1 aliphatic rings. The van der Waals surface area contributed by atoms with Gasteiger partial charge in [0.25, 0.3) is 0 Å². The quantitative estimate of drug-likeness (QED) is 0.730. The molecule has 3 N–H and O–H groups in total. The second-order valence-corrected chi connectivity index (χ2v) is 4.80. The summed E-state index contributed by atoms with van der Waals surface area (Å²) < 4.78 is 0. The fourth-order valence-electron chi connectivity index (χ4n) is 2.51. The van der Waals surface area contributed by atoms with Crippen molar-refractivity contribution in [3.8, 4) is 0 Å². The monoisotopic (exact) mass is 223 g/mol. The van der Waals surface area contributed by atoms with E-state index in [0.717, 1.165) is 25.0 Å². The van der Waals surface area contributed by atoms with Crippen LogP contribution in [0.2, 0.25) is 0 Å². The van der Waals surface area contributed by atoms with Crippen LogP contribution >= 0.6 is 0 Å². The summed E-state index contributed by atoms with van der Waals surface area (Å²) in [6.45, 7) is 4.15. The van der Waals surface area contributed by atoms with Crippen molar-refractivity contribution < 1.29 is 5.11 Å². The minimum atomic E-state index is -0.191. The molecule has 1 heterocycles. The van der Waals surface area contributed by atoms with Crippen LogP contribution in [0.15, 0.2) is 6.20 Å². The van der Waals surface area contributed by atoms with E-state index in [0.29, 0.717) is 0 Å². The van der Waals surface area contributed by atoms with Gasteiger partial charge in [-0.2, -0.15) is 5.10 Å². The maximum Gasteiger partial charge on any atom is 0.0693 e. The van der Waals surface area contributed by atoms with Gasteiger partial charge in [-0.25, -0.2) is 0 Å². The second-order valence-electron chi connectivity index (χ2n) is 4.80. The van der Waals surface area contributed by atoms with Crippen molar-refractivity contribution in [1.29, 1.82) is 0 Å². The lowest BCUT2D eigenvalue weighted by molar-refractivity contribution is 0.0859. The molecule has 4 nitrogen and oxygen atoms in total. The van der Waals surface area contributed by atoms with Gasteiger partial charge in [-0.15, -0.1) is 0 Å². The third kappa shape index (κ3) is 2.44. The fourth-order valence-corrected chi connectivity index (χ4v) is 2.51. The summed E-state index contributed by atoms with van der Waals surface area (Å²) in [6, 6.07) is 0.481. The maximum absolute atomic E-state index is 9.90. The molecule has 4 heteroatoms. The van der Waals surface area contributed by atoms with E-state index in [1.54, 1.807) is 0 Å². The van der Waals surface area contributed by atoms with Gasteiger partial charge < -0.3 is 10.4 Å². The van der Waals surface area contributed by atoms with E-state index in [4.69, 9.17) is 0 Å². The van der Waals surface area contributed by atoms with Crippen LogP contribution in [0.4, 0.5) is 0 Å².